The Morgan fingerprint density at radius 3 is 1.28 bits per heavy atom. The third-order valence-electron chi connectivity index (χ3n) is 6.65. The van der Waals surface area contributed by atoms with Crippen LogP contribution in [-0.2, 0) is 0 Å². The number of fused-ring (bicyclic) bond motifs is 2. The van der Waals surface area contributed by atoms with Crippen LogP contribution in [0.1, 0.15) is 11.1 Å². The van der Waals surface area contributed by atoms with Crippen LogP contribution >= 0.6 is 21.6 Å². The Morgan fingerprint density at radius 2 is 0.806 bits per heavy atom. The highest BCUT2D eigenvalue weighted by molar-refractivity contribution is 8.76. The molecule has 0 nitrogen and oxygen atoms in total. The molecule has 2 heteroatoms. The van der Waals surface area contributed by atoms with Gasteiger partial charge in [-0.15, -0.1) is 0 Å². The van der Waals surface area contributed by atoms with Gasteiger partial charge < -0.3 is 0 Å². The van der Waals surface area contributed by atoms with Crippen molar-refractivity contribution in [1.82, 2.24) is 0 Å². The Bertz CT molecular complexity index is 1580. The van der Waals surface area contributed by atoms with E-state index < -0.39 is 0 Å². The summed E-state index contributed by atoms with van der Waals surface area (Å²) in [6, 6.07) is 44.2. The van der Waals surface area contributed by atoms with E-state index in [9.17, 15) is 0 Å². The predicted octanol–water partition coefficient (Wildman–Crippen LogP) is 10.7. The molecule has 0 aliphatic carbocycles. The van der Waals surface area contributed by atoms with E-state index in [0.29, 0.717) is 0 Å². The molecule has 36 heavy (non-hydrogen) atoms. The summed E-state index contributed by atoms with van der Waals surface area (Å²) in [7, 11) is 3.70. The van der Waals surface area contributed by atoms with Gasteiger partial charge in [0.05, 0.1) is 0 Å². The van der Waals surface area contributed by atoms with E-state index in [1.165, 1.54) is 64.7 Å². The van der Waals surface area contributed by atoms with Gasteiger partial charge in [0.15, 0.2) is 0 Å². The van der Waals surface area contributed by atoms with Crippen LogP contribution in [0.25, 0.3) is 43.8 Å². The van der Waals surface area contributed by atoms with Crippen molar-refractivity contribution in [2.75, 3.05) is 0 Å². The maximum atomic E-state index is 2.32. The van der Waals surface area contributed by atoms with E-state index in [4.69, 9.17) is 0 Å². The second kappa shape index (κ2) is 9.89. The average Bonchev–Trinajstić information content (AvgIpc) is 2.92. The van der Waals surface area contributed by atoms with E-state index in [2.05, 4.69) is 135 Å². The van der Waals surface area contributed by atoms with Gasteiger partial charge in [0.2, 0.25) is 0 Å². The minimum Gasteiger partial charge on any atom is -0.0616 e. The normalized spacial score (nSPS) is 11.3. The zero-order valence-electron chi connectivity index (χ0n) is 20.4. The van der Waals surface area contributed by atoms with Crippen LogP contribution in [0.3, 0.4) is 0 Å². The van der Waals surface area contributed by atoms with Crippen molar-refractivity contribution in [3.8, 4) is 22.3 Å². The first-order valence-corrected chi connectivity index (χ1v) is 14.3. The fraction of sp³-hybridized carbons (Fsp3) is 0.0588. The van der Waals surface area contributed by atoms with Crippen molar-refractivity contribution in [1.29, 1.82) is 0 Å². The van der Waals surface area contributed by atoms with Gasteiger partial charge in [0.25, 0.3) is 0 Å². The summed E-state index contributed by atoms with van der Waals surface area (Å²) < 4.78 is 0. The quantitative estimate of drug-likeness (QED) is 0.217. The maximum Gasteiger partial charge on any atom is 0.0265 e. The van der Waals surface area contributed by atoms with E-state index in [0.717, 1.165) is 0 Å². The summed E-state index contributed by atoms with van der Waals surface area (Å²) in [6.07, 6.45) is 0. The molecule has 174 valence electrons. The van der Waals surface area contributed by atoms with Crippen LogP contribution in [-0.4, -0.2) is 0 Å². The monoisotopic (exact) mass is 498 g/mol. The van der Waals surface area contributed by atoms with Crippen LogP contribution in [0.4, 0.5) is 0 Å². The SMILES string of the molecule is Cc1ccc(SSc2ccc(C)cc2-c2cccc3ccccc23)c(-c2cccc3ccccc23)c1. The third-order valence-corrected chi connectivity index (χ3v) is 9.13. The number of rotatable bonds is 5. The molecule has 0 N–H and O–H groups in total. The molecule has 0 fully saturated rings. The number of hydrogen-bond donors (Lipinski definition) is 0. The molecule has 0 saturated heterocycles. The van der Waals surface area contributed by atoms with Crippen molar-refractivity contribution >= 4 is 43.1 Å². The molecule has 6 aromatic rings. The van der Waals surface area contributed by atoms with Gasteiger partial charge in [-0.1, -0.05) is 142 Å². The van der Waals surface area contributed by atoms with Gasteiger partial charge in [-0.3, -0.25) is 0 Å². The minimum absolute atomic E-state index is 1.27. The van der Waals surface area contributed by atoms with Crippen molar-refractivity contribution in [2.24, 2.45) is 0 Å². The Kier molecular flexibility index (Phi) is 6.31. The van der Waals surface area contributed by atoms with Crippen LogP contribution in [0.15, 0.2) is 131 Å². The molecule has 0 aromatic heterocycles. The van der Waals surface area contributed by atoms with E-state index in [1.807, 2.05) is 21.6 Å². The Labute approximate surface area is 220 Å². The molecule has 0 aliphatic heterocycles. The van der Waals surface area contributed by atoms with Crippen LogP contribution in [0.5, 0.6) is 0 Å². The summed E-state index contributed by atoms with van der Waals surface area (Å²) in [5.74, 6) is 0. The van der Waals surface area contributed by atoms with E-state index >= 15 is 0 Å². The van der Waals surface area contributed by atoms with Gasteiger partial charge >= 0.3 is 0 Å². The summed E-state index contributed by atoms with van der Waals surface area (Å²) in [4.78, 5) is 2.57. The first kappa shape index (κ1) is 23.0. The largest absolute Gasteiger partial charge is 0.0616 e. The lowest BCUT2D eigenvalue weighted by atomic mass is 9.97. The zero-order valence-corrected chi connectivity index (χ0v) is 22.0. The molecule has 0 unspecified atom stereocenters. The number of aryl methyl sites for hydroxylation is 2. The van der Waals surface area contributed by atoms with Crippen molar-refractivity contribution in [3.05, 3.63) is 132 Å². The highest BCUT2D eigenvalue weighted by atomic mass is 33.1. The standard InChI is InChI=1S/C34H26S2/c1-23-17-19-33(31(21-23)29-15-7-11-25-9-3-5-13-27(25)29)35-36-34-20-18-24(2)22-32(34)30-16-8-12-26-10-4-6-14-28(26)30/h3-22H,1-2H3. The Balaban J connectivity index is 1.42. The molecule has 0 radical (unpaired) electrons. The molecular formula is C34H26S2. The van der Waals surface area contributed by atoms with Crippen LogP contribution < -0.4 is 0 Å². The summed E-state index contributed by atoms with van der Waals surface area (Å²) in [6.45, 7) is 4.35. The summed E-state index contributed by atoms with van der Waals surface area (Å²) >= 11 is 0. The Morgan fingerprint density at radius 1 is 0.389 bits per heavy atom. The highest BCUT2D eigenvalue weighted by Gasteiger charge is 2.14. The molecule has 0 aliphatic rings. The van der Waals surface area contributed by atoms with Gasteiger partial charge in [-0.25, -0.2) is 0 Å². The van der Waals surface area contributed by atoms with E-state index in [-0.39, 0.29) is 0 Å². The molecule has 0 amide bonds. The molecule has 6 rings (SSSR count). The first-order valence-electron chi connectivity index (χ1n) is 12.2. The lowest BCUT2D eigenvalue weighted by molar-refractivity contribution is 1.38. The van der Waals surface area contributed by atoms with Crippen LogP contribution in [0.2, 0.25) is 0 Å². The van der Waals surface area contributed by atoms with Crippen molar-refractivity contribution in [3.63, 3.8) is 0 Å². The number of hydrogen-bond acceptors (Lipinski definition) is 2. The van der Waals surface area contributed by atoms with Crippen molar-refractivity contribution < 1.29 is 0 Å². The topological polar surface area (TPSA) is 0 Å². The second-order valence-corrected chi connectivity index (χ2v) is 11.4. The van der Waals surface area contributed by atoms with Gasteiger partial charge in [0.1, 0.15) is 0 Å². The fourth-order valence-electron chi connectivity index (χ4n) is 4.86. The molecular weight excluding hydrogens is 473 g/mol. The van der Waals surface area contributed by atoms with Crippen LogP contribution in [0, 0.1) is 13.8 Å². The van der Waals surface area contributed by atoms with Gasteiger partial charge in [-0.2, -0.15) is 0 Å². The smallest absolute Gasteiger partial charge is 0.0265 e. The highest BCUT2D eigenvalue weighted by Crippen LogP contribution is 2.47. The Hall–Kier alpha value is -3.46. The van der Waals surface area contributed by atoms with Gasteiger partial charge in [-0.05, 0) is 69.8 Å². The predicted molar refractivity (Wildman–Crippen MR) is 160 cm³/mol. The molecule has 0 bridgehead atoms. The third kappa shape index (κ3) is 4.43. The molecule has 0 heterocycles. The fourth-order valence-corrected chi connectivity index (χ4v) is 7.22. The zero-order chi connectivity index (χ0) is 24.5. The lowest BCUT2D eigenvalue weighted by Crippen LogP contribution is -1.87. The number of benzene rings is 6. The minimum atomic E-state index is 1.27. The van der Waals surface area contributed by atoms with Gasteiger partial charge in [0, 0.05) is 9.79 Å². The average molecular weight is 499 g/mol. The molecule has 0 saturated carbocycles. The molecule has 0 spiro atoms. The summed E-state index contributed by atoms with van der Waals surface area (Å²) in [5.41, 5.74) is 7.72. The van der Waals surface area contributed by atoms with Crippen molar-refractivity contribution in [2.45, 2.75) is 23.6 Å². The molecule has 0 atom stereocenters. The first-order chi connectivity index (χ1) is 17.7. The summed E-state index contributed by atoms with van der Waals surface area (Å²) in [5, 5.41) is 5.14. The second-order valence-electron chi connectivity index (χ2n) is 9.22. The molecule has 6 aromatic carbocycles. The lowest BCUT2D eigenvalue weighted by Gasteiger charge is -2.15. The van der Waals surface area contributed by atoms with E-state index in [1.54, 1.807) is 0 Å². The maximum absolute atomic E-state index is 2.32.